The zero-order valence-corrected chi connectivity index (χ0v) is 18.4. The van der Waals surface area contributed by atoms with Crippen LogP contribution in [0.25, 0.3) is 10.2 Å². The number of ether oxygens (including phenoxy) is 1. The number of Topliss-reactive ketones (excluding diaryl/α,β-unsaturated/α-hetero) is 1. The Morgan fingerprint density at radius 2 is 2.10 bits per heavy atom. The lowest BCUT2D eigenvalue weighted by molar-refractivity contribution is -0.118. The molecule has 0 saturated heterocycles. The maximum atomic E-state index is 11.8. The standard InChI is InChI=1S/C23H19ClN4O2S/c1-13-3-2-4-15(27-13)11-30-19-8-5-14(9-18(19)24)28-22-21-17-7-6-16(29)10-20(17)31-23(21)26-12-25-22/h2-5,8-9,12H,6-7,10-11H2,1H3,(H,25,26,28). The van der Waals surface area contributed by atoms with Crippen molar-refractivity contribution in [3.63, 3.8) is 0 Å². The topological polar surface area (TPSA) is 77.0 Å². The highest BCUT2D eigenvalue weighted by Gasteiger charge is 2.23. The minimum Gasteiger partial charge on any atom is -0.486 e. The van der Waals surface area contributed by atoms with Crippen LogP contribution in [0.3, 0.4) is 0 Å². The first-order valence-corrected chi connectivity index (χ1v) is 11.1. The average Bonchev–Trinajstić information content (AvgIpc) is 3.11. The zero-order valence-electron chi connectivity index (χ0n) is 16.8. The van der Waals surface area contributed by atoms with Crippen LogP contribution in [0.4, 0.5) is 11.5 Å². The summed E-state index contributed by atoms with van der Waals surface area (Å²) < 4.78 is 5.85. The van der Waals surface area contributed by atoms with Crippen molar-refractivity contribution in [2.45, 2.75) is 32.8 Å². The third kappa shape index (κ3) is 4.11. The number of hydrogen-bond acceptors (Lipinski definition) is 7. The number of carbonyl (C=O) groups excluding carboxylic acids is 1. The number of halogens is 1. The average molecular weight is 451 g/mol. The number of hydrogen-bond donors (Lipinski definition) is 1. The van der Waals surface area contributed by atoms with Crippen molar-refractivity contribution in [1.29, 1.82) is 0 Å². The molecule has 156 valence electrons. The third-order valence-corrected chi connectivity index (χ3v) is 6.63. The summed E-state index contributed by atoms with van der Waals surface area (Å²) in [6, 6.07) is 11.4. The number of carbonyl (C=O) groups is 1. The van der Waals surface area contributed by atoms with E-state index in [1.165, 1.54) is 5.56 Å². The summed E-state index contributed by atoms with van der Waals surface area (Å²) >= 11 is 8.04. The number of thiophene rings is 1. The molecule has 0 unspecified atom stereocenters. The van der Waals surface area contributed by atoms with Gasteiger partial charge in [0.05, 0.1) is 16.1 Å². The Bertz CT molecular complexity index is 1300. The smallest absolute Gasteiger partial charge is 0.142 e. The summed E-state index contributed by atoms with van der Waals surface area (Å²) in [5.74, 6) is 1.60. The van der Waals surface area contributed by atoms with E-state index >= 15 is 0 Å². The lowest BCUT2D eigenvalue weighted by Crippen LogP contribution is -2.11. The van der Waals surface area contributed by atoms with E-state index in [1.807, 2.05) is 43.3 Å². The van der Waals surface area contributed by atoms with Crippen LogP contribution in [-0.2, 0) is 24.2 Å². The van der Waals surface area contributed by atoms with Crippen LogP contribution in [-0.4, -0.2) is 20.7 Å². The number of pyridine rings is 1. The molecule has 1 N–H and O–H groups in total. The molecule has 1 aromatic carbocycles. The van der Waals surface area contributed by atoms with Crippen molar-refractivity contribution in [2.75, 3.05) is 5.32 Å². The Kier molecular flexibility index (Phi) is 5.29. The number of rotatable bonds is 5. The number of aryl methyl sites for hydroxylation is 2. The molecule has 6 nitrogen and oxygen atoms in total. The Balaban J connectivity index is 1.38. The Morgan fingerprint density at radius 3 is 2.94 bits per heavy atom. The highest BCUT2D eigenvalue weighted by atomic mass is 35.5. The predicted octanol–water partition coefficient (Wildman–Crippen LogP) is 5.43. The van der Waals surface area contributed by atoms with E-state index in [9.17, 15) is 4.79 Å². The van der Waals surface area contributed by atoms with Gasteiger partial charge in [-0.1, -0.05) is 17.7 Å². The largest absolute Gasteiger partial charge is 0.486 e. The Hall–Kier alpha value is -3.03. The molecule has 4 aromatic rings. The summed E-state index contributed by atoms with van der Waals surface area (Å²) in [7, 11) is 0. The molecule has 3 aromatic heterocycles. The van der Waals surface area contributed by atoms with Crippen LogP contribution in [0.1, 0.15) is 28.2 Å². The highest BCUT2D eigenvalue weighted by Crippen LogP contribution is 2.38. The second kappa shape index (κ2) is 8.24. The van der Waals surface area contributed by atoms with Crippen LogP contribution < -0.4 is 10.1 Å². The Labute approximate surface area is 188 Å². The third-order valence-electron chi connectivity index (χ3n) is 5.20. The van der Waals surface area contributed by atoms with Gasteiger partial charge in [0.2, 0.25) is 0 Å². The van der Waals surface area contributed by atoms with Gasteiger partial charge in [-0.25, -0.2) is 9.97 Å². The maximum Gasteiger partial charge on any atom is 0.142 e. The van der Waals surface area contributed by atoms with E-state index in [0.717, 1.165) is 44.4 Å². The van der Waals surface area contributed by atoms with Crippen LogP contribution >= 0.6 is 22.9 Å². The van der Waals surface area contributed by atoms with Crippen LogP contribution in [0.5, 0.6) is 5.75 Å². The minimum absolute atomic E-state index is 0.282. The number of aromatic nitrogens is 3. The number of benzene rings is 1. The molecule has 1 aliphatic carbocycles. The second-order valence-corrected chi connectivity index (χ2v) is 8.94. The van der Waals surface area contributed by atoms with Crippen molar-refractivity contribution in [3.05, 3.63) is 69.6 Å². The quantitative estimate of drug-likeness (QED) is 0.437. The SMILES string of the molecule is Cc1cccc(COc2ccc(Nc3ncnc4sc5c(c34)CCC(=O)C5)cc2Cl)n1. The number of fused-ring (bicyclic) bond motifs is 3. The predicted molar refractivity (Wildman–Crippen MR) is 122 cm³/mol. The summed E-state index contributed by atoms with van der Waals surface area (Å²) in [5, 5.41) is 4.86. The van der Waals surface area contributed by atoms with E-state index in [4.69, 9.17) is 16.3 Å². The molecule has 0 spiro atoms. The number of nitrogens with one attached hydrogen (secondary N) is 1. The fourth-order valence-electron chi connectivity index (χ4n) is 3.73. The lowest BCUT2D eigenvalue weighted by Gasteiger charge is -2.13. The van der Waals surface area contributed by atoms with Gasteiger partial charge in [-0.3, -0.25) is 9.78 Å². The molecule has 0 bridgehead atoms. The summed E-state index contributed by atoms with van der Waals surface area (Å²) in [6.45, 7) is 2.30. The summed E-state index contributed by atoms with van der Waals surface area (Å²) in [6.07, 6.45) is 3.34. The van der Waals surface area contributed by atoms with E-state index in [0.29, 0.717) is 30.2 Å². The van der Waals surface area contributed by atoms with E-state index in [1.54, 1.807) is 17.7 Å². The van der Waals surface area contributed by atoms with Crippen LogP contribution in [0, 0.1) is 6.92 Å². The van der Waals surface area contributed by atoms with Crippen LogP contribution in [0.15, 0.2) is 42.7 Å². The summed E-state index contributed by atoms with van der Waals surface area (Å²) in [5.41, 5.74) is 3.78. The van der Waals surface area contributed by atoms with Gasteiger partial charge in [-0.05, 0) is 49.2 Å². The molecule has 31 heavy (non-hydrogen) atoms. The van der Waals surface area contributed by atoms with Crippen molar-refractivity contribution >= 4 is 50.4 Å². The molecule has 0 aliphatic heterocycles. The van der Waals surface area contributed by atoms with Crippen molar-refractivity contribution in [3.8, 4) is 5.75 Å². The van der Waals surface area contributed by atoms with Gasteiger partial charge >= 0.3 is 0 Å². The molecular formula is C23H19ClN4O2S. The first kappa shape index (κ1) is 19.9. The monoisotopic (exact) mass is 450 g/mol. The van der Waals surface area contributed by atoms with Gasteiger partial charge < -0.3 is 10.1 Å². The summed E-state index contributed by atoms with van der Waals surface area (Å²) in [4.78, 5) is 27.1. The molecular weight excluding hydrogens is 432 g/mol. The molecule has 0 fully saturated rings. The normalized spacial score (nSPS) is 13.3. The van der Waals surface area contributed by atoms with Gasteiger partial charge in [-0.15, -0.1) is 11.3 Å². The van der Waals surface area contributed by atoms with E-state index in [2.05, 4.69) is 20.3 Å². The molecule has 0 atom stereocenters. The van der Waals surface area contributed by atoms with Gasteiger partial charge in [-0.2, -0.15) is 0 Å². The van der Waals surface area contributed by atoms with Gasteiger partial charge in [0.15, 0.2) is 0 Å². The molecule has 1 aliphatic rings. The molecule has 0 amide bonds. The number of ketones is 1. The fourth-order valence-corrected chi connectivity index (χ4v) is 5.19. The highest BCUT2D eigenvalue weighted by molar-refractivity contribution is 7.19. The van der Waals surface area contributed by atoms with Gasteiger partial charge in [0, 0.05) is 29.1 Å². The number of nitrogens with zero attached hydrogens (tertiary/aromatic N) is 3. The zero-order chi connectivity index (χ0) is 21.4. The van der Waals surface area contributed by atoms with Crippen molar-refractivity contribution < 1.29 is 9.53 Å². The molecule has 5 rings (SSSR count). The fraction of sp³-hybridized carbons (Fsp3) is 0.217. The van der Waals surface area contributed by atoms with E-state index in [-0.39, 0.29) is 5.78 Å². The second-order valence-electron chi connectivity index (χ2n) is 7.45. The van der Waals surface area contributed by atoms with Gasteiger partial charge in [0.25, 0.3) is 0 Å². The number of anilines is 2. The van der Waals surface area contributed by atoms with Crippen LogP contribution in [0.2, 0.25) is 5.02 Å². The first-order valence-electron chi connectivity index (χ1n) is 9.95. The molecule has 0 radical (unpaired) electrons. The maximum absolute atomic E-state index is 11.8. The van der Waals surface area contributed by atoms with E-state index < -0.39 is 0 Å². The first-order chi connectivity index (χ1) is 15.1. The lowest BCUT2D eigenvalue weighted by atomic mass is 9.96. The van der Waals surface area contributed by atoms with Gasteiger partial charge in [0.1, 0.15) is 35.1 Å². The van der Waals surface area contributed by atoms with Crippen molar-refractivity contribution in [2.24, 2.45) is 0 Å². The van der Waals surface area contributed by atoms with Crippen molar-refractivity contribution in [1.82, 2.24) is 15.0 Å². The molecule has 3 heterocycles. The molecule has 0 saturated carbocycles. The molecule has 8 heteroatoms. The Morgan fingerprint density at radius 1 is 1.19 bits per heavy atom. The minimum atomic E-state index is 0.282.